The molecule has 2 aliphatic rings. The Morgan fingerprint density at radius 1 is 0.621 bits per heavy atom. The van der Waals surface area contributed by atoms with Gasteiger partial charge in [-0.15, -0.1) is 45.3 Å². The zero-order valence-electron chi connectivity index (χ0n) is 43.1. The highest BCUT2D eigenvalue weighted by molar-refractivity contribution is 7.29. The summed E-state index contributed by atoms with van der Waals surface area (Å²) in [5.74, 6) is 0.782. The Hall–Kier alpha value is -2.30. The Bertz CT molecular complexity index is 2220. The summed E-state index contributed by atoms with van der Waals surface area (Å²) in [6.07, 6.45) is 25.4. The van der Waals surface area contributed by atoms with E-state index in [2.05, 4.69) is 110 Å². The molecule has 5 nitrogen and oxygen atoms in total. The van der Waals surface area contributed by atoms with Crippen molar-refractivity contribution in [1.29, 1.82) is 0 Å². The van der Waals surface area contributed by atoms with Gasteiger partial charge >= 0.3 is 0 Å². The zero-order chi connectivity index (χ0) is 47.6. The van der Waals surface area contributed by atoms with Gasteiger partial charge < -0.3 is 14.9 Å². The lowest BCUT2D eigenvalue weighted by Crippen LogP contribution is -2.36. The number of thiazole rings is 1. The first-order valence-electron chi connectivity index (χ1n) is 26.5. The number of aryl methyl sites for hydroxylation is 1. The van der Waals surface area contributed by atoms with Crippen LogP contribution < -0.4 is 0 Å². The fourth-order valence-corrected chi connectivity index (χ4v) is 14.9. The minimum absolute atomic E-state index is 0.0106. The highest BCUT2D eigenvalue weighted by Crippen LogP contribution is 2.54. The summed E-state index contributed by atoms with van der Waals surface area (Å²) in [5.41, 5.74) is 4.57. The second kappa shape index (κ2) is 24.5. The minimum Gasteiger partial charge on any atom is -0.369 e. The monoisotopic (exact) mass is 974 g/mol. The predicted octanol–water partition coefficient (Wildman–Crippen LogP) is 18.0. The lowest BCUT2D eigenvalue weighted by Gasteiger charge is -2.31. The number of aliphatic hydroxyl groups excluding tert-OH is 1. The maximum Gasteiger partial charge on any atom is 0.261 e. The Balaban J connectivity index is 1.40. The Kier molecular flexibility index (Phi) is 19.7. The molecular weight excluding hydrogens is 887 g/mol. The van der Waals surface area contributed by atoms with E-state index in [1.54, 1.807) is 22.7 Å². The van der Waals surface area contributed by atoms with Gasteiger partial charge in [0.1, 0.15) is 0 Å². The van der Waals surface area contributed by atoms with Crippen LogP contribution in [-0.4, -0.2) is 45.1 Å². The first-order chi connectivity index (χ1) is 31.6. The molecule has 0 spiro atoms. The molecule has 0 radical (unpaired) electrons. The Labute approximate surface area is 417 Å². The summed E-state index contributed by atoms with van der Waals surface area (Å²) >= 11 is 7.40. The van der Waals surface area contributed by atoms with Crippen molar-refractivity contribution in [3.8, 4) is 9.75 Å². The Morgan fingerprint density at radius 3 is 1.73 bits per heavy atom. The van der Waals surface area contributed by atoms with Gasteiger partial charge in [0, 0.05) is 33.3 Å². The summed E-state index contributed by atoms with van der Waals surface area (Å²) in [4.78, 5) is 32.4. The molecule has 3 atom stereocenters. The molecule has 3 unspecified atom stereocenters. The Morgan fingerprint density at radius 2 is 1.15 bits per heavy atom. The molecule has 1 amide bonds. The normalized spacial score (nSPS) is 16.8. The summed E-state index contributed by atoms with van der Waals surface area (Å²) in [5, 5.41) is 14.1. The van der Waals surface area contributed by atoms with Gasteiger partial charge in [-0.2, -0.15) is 0 Å². The van der Waals surface area contributed by atoms with E-state index in [-0.39, 0.29) is 16.7 Å². The third kappa shape index (κ3) is 13.1. The fraction of sp³-hybridized carbons (Fsp3) is 0.684. The van der Waals surface area contributed by atoms with Crippen LogP contribution in [0.3, 0.4) is 0 Å². The number of aromatic nitrogens is 1. The van der Waals surface area contributed by atoms with Gasteiger partial charge in [0.2, 0.25) is 0 Å². The van der Waals surface area contributed by atoms with Gasteiger partial charge in [-0.05, 0) is 72.6 Å². The number of rotatable bonds is 28. The topological polar surface area (TPSA) is 56.7 Å². The van der Waals surface area contributed by atoms with E-state index in [1.807, 2.05) is 22.7 Å². The SMILES string of the molecule is CCCCCCCCc1nc2c(C(C)(C)C)sc(-c3ccc(C4=C5C(=O)N(CC(C)CCCCCCCC)C(c6ccc(C(C)(C)C)s6)=C5C(O)N4CC(C)CCCCCCCC)s3)c2s1. The van der Waals surface area contributed by atoms with Crippen molar-refractivity contribution in [2.45, 2.75) is 228 Å². The maximum absolute atomic E-state index is 15.4. The van der Waals surface area contributed by atoms with Crippen LogP contribution in [0.5, 0.6) is 0 Å². The second-order valence-corrected chi connectivity index (χ2v) is 26.4. The third-order valence-electron chi connectivity index (χ3n) is 13.8. The largest absolute Gasteiger partial charge is 0.369 e. The van der Waals surface area contributed by atoms with E-state index in [4.69, 9.17) is 4.98 Å². The number of hydrogen-bond acceptors (Lipinski definition) is 8. The highest BCUT2D eigenvalue weighted by Gasteiger charge is 2.49. The number of carbonyl (C=O) groups is 1. The van der Waals surface area contributed by atoms with Crippen LogP contribution in [0.25, 0.3) is 31.4 Å². The molecule has 4 aromatic heterocycles. The molecule has 0 bridgehead atoms. The van der Waals surface area contributed by atoms with Crippen LogP contribution in [0.4, 0.5) is 0 Å². The van der Waals surface area contributed by atoms with Crippen molar-refractivity contribution in [1.82, 2.24) is 14.8 Å². The molecule has 2 aliphatic heterocycles. The molecule has 366 valence electrons. The average Bonchev–Trinajstić information content (AvgIpc) is 4.13. The average molecular weight is 975 g/mol. The number of amides is 1. The highest BCUT2D eigenvalue weighted by atomic mass is 32.1. The summed E-state index contributed by atoms with van der Waals surface area (Å²) in [6.45, 7) is 26.7. The van der Waals surface area contributed by atoms with Crippen molar-refractivity contribution < 1.29 is 9.90 Å². The standard InChI is InChI=1S/C57H87N3O2S4/c1-12-15-18-21-24-27-30-39(4)37-59-49(41-33-34-43(63-41)51-52-48(53(66-51)57(9,10)11)58-45(65-52)32-29-26-23-20-17-14-3)46-47(55(59)62)50(42-35-36-44(64-42)56(6,7)8)60(54(46)61)38-40(5)31-28-25-22-19-16-13-2/h33-36,39-40,55,62H,12-32,37-38H2,1-11H3. The molecular formula is C57H87N3O2S4. The number of nitrogens with zero attached hydrogens (tertiary/aromatic N) is 3. The van der Waals surface area contributed by atoms with Crippen molar-refractivity contribution in [2.75, 3.05) is 13.1 Å². The first kappa shape index (κ1) is 53.1. The van der Waals surface area contributed by atoms with Gasteiger partial charge in [-0.3, -0.25) is 4.79 Å². The molecule has 4 aromatic rings. The van der Waals surface area contributed by atoms with Crippen molar-refractivity contribution in [3.63, 3.8) is 0 Å². The van der Waals surface area contributed by atoms with Crippen molar-refractivity contribution in [3.05, 3.63) is 59.9 Å². The second-order valence-electron chi connectivity index (χ2n) is 22.1. The third-order valence-corrected chi connectivity index (χ3v) is 19.5. The number of carbonyl (C=O) groups excluding carboxylic acids is 1. The molecule has 6 rings (SSSR count). The van der Waals surface area contributed by atoms with Crippen LogP contribution in [-0.2, 0) is 22.0 Å². The van der Waals surface area contributed by atoms with Crippen molar-refractivity contribution >= 4 is 72.9 Å². The van der Waals surface area contributed by atoms with Gasteiger partial charge in [0.05, 0.1) is 46.8 Å². The zero-order valence-corrected chi connectivity index (χ0v) is 46.4. The van der Waals surface area contributed by atoms with Crippen LogP contribution in [0.1, 0.15) is 229 Å². The molecule has 0 saturated carbocycles. The summed E-state index contributed by atoms with van der Waals surface area (Å²) < 4.78 is 1.31. The number of hydrogen-bond donors (Lipinski definition) is 1. The molecule has 0 saturated heterocycles. The molecule has 0 fully saturated rings. The van der Waals surface area contributed by atoms with E-state index < -0.39 is 6.23 Å². The number of fused-ring (bicyclic) bond motifs is 2. The van der Waals surface area contributed by atoms with E-state index in [9.17, 15) is 5.11 Å². The number of aliphatic hydroxyl groups is 1. The molecule has 9 heteroatoms. The summed E-state index contributed by atoms with van der Waals surface area (Å²) in [6, 6.07) is 9.01. The first-order valence-corrected chi connectivity index (χ1v) is 29.7. The van der Waals surface area contributed by atoms with Gasteiger partial charge in [0.25, 0.3) is 5.91 Å². The predicted molar refractivity (Wildman–Crippen MR) is 292 cm³/mol. The van der Waals surface area contributed by atoms with E-state index in [0.717, 1.165) is 51.6 Å². The van der Waals surface area contributed by atoms with Crippen LogP contribution >= 0.6 is 45.3 Å². The van der Waals surface area contributed by atoms with Gasteiger partial charge in [-0.25, -0.2) is 4.98 Å². The van der Waals surface area contributed by atoms with Crippen LogP contribution in [0.15, 0.2) is 35.4 Å². The maximum atomic E-state index is 15.4. The molecule has 6 heterocycles. The lowest BCUT2D eigenvalue weighted by molar-refractivity contribution is -0.123. The number of unbranched alkanes of at least 4 members (excludes halogenated alkanes) is 15. The van der Waals surface area contributed by atoms with E-state index in [0.29, 0.717) is 24.9 Å². The van der Waals surface area contributed by atoms with E-state index >= 15 is 4.79 Å². The van der Waals surface area contributed by atoms with Crippen LogP contribution in [0, 0.1) is 11.8 Å². The van der Waals surface area contributed by atoms with E-state index in [1.165, 1.54) is 150 Å². The minimum atomic E-state index is -0.891. The smallest absolute Gasteiger partial charge is 0.261 e. The van der Waals surface area contributed by atoms with Crippen LogP contribution in [0.2, 0.25) is 0 Å². The van der Waals surface area contributed by atoms with Crippen molar-refractivity contribution in [2.24, 2.45) is 11.8 Å². The lowest BCUT2D eigenvalue weighted by atomic mass is 9.94. The number of thiophene rings is 3. The molecule has 0 aromatic carbocycles. The quantitative estimate of drug-likeness (QED) is 0.0576. The van der Waals surface area contributed by atoms with Gasteiger partial charge in [0.15, 0.2) is 6.23 Å². The molecule has 66 heavy (non-hydrogen) atoms. The summed E-state index contributed by atoms with van der Waals surface area (Å²) in [7, 11) is 0. The molecule has 1 N–H and O–H groups in total. The van der Waals surface area contributed by atoms with Gasteiger partial charge in [-0.1, -0.05) is 185 Å². The fourth-order valence-electron chi connectivity index (χ4n) is 9.95. The molecule has 0 aliphatic carbocycles.